The van der Waals surface area contributed by atoms with E-state index in [2.05, 4.69) is 5.32 Å². The first-order chi connectivity index (χ1) is 11.5. The van der Waals surface area contributed by atoms with Crippen molar-refractivity contribution in [1.82, 2.24) is 0 Å². The first kappa shape index (κ1) is 15.9. The molecule has 0 spiro atoms. The molecule has 0 saturated carbocycles. The van der Waals surface area contributed by atoms with Crippen molar-refractivity contribution in [1.29, 1.82) is 0 Å². The van der Waals surface area contributed by atoms with E-state index in [1.54, 1.807) is 24.3 Å². The first-order valence-corrected chi connectivity index (χ1v) is 7.51. The van der Waals surface area contributed by atoms with Gasteiger partial charge in [0.2, 0.25) is 6.79 Å². The van der Waals surface area contributed by atoms with Gasteiger partial charge in [-0.25, -0.2) is 4.79 Å². The lowest BCUT2D eigenvalue weighted by molar-refractivity contribution is -0.123. The van der Waals surface area contributed by atoms with Gasteiger partial charge in [-0.2, -0.15) is 0 Å². The molecular weight excluding hydrogens is 310 g/mol. The molecule has 0 aliphatic carbocycles. The van der Waals surface area contributed by atoms with Gasteiger partial charge >= 0.3 is 5.97 Å². The fourth-order valence-corrected chi connectivity index (χ4v) is 2.19. The van der Waals surface area contributed by atoms with Crippen LogP contribution in [0.2, 0.25) is 0 Å². The van der Waals surface area contributed by atoms with Gasteiger partial charge in [0.1, 0.15) is 0 Å². The Hall–Kier alpha value is -3.02. The van der Waals surface area contributed by atoms with Crippen LogP contribution in [0.3, 0.4) is 0 Å². The number of esters is 1. The number of amides is 1. The van der Waals surface area contributed by atoms with Gasteiger partial charge in [-0.1, -0.05) is 17.7 Å². The molecule has 0 bridgehead atoms. The standard InChI is InChI=1S/C18H17NO5/c1-11-3-6-14(7-4-11)19-17(20)12(2)24-18(21)13-5-8-15-16(9-13)23-10-22-15/h3-9,12H,10H2,1-2H3,(H,19,20)/t12-/m0/s1. The maximum Gasteiger partial charge on any atom is 0.339 e. The van der Waals surface area contributed by atoms with Crippen molar-refractivity contribution in [3.05, 3.63) is 53.6 Å². The fraction of sp³-hybridized carbons (Fsp3) is 0.222. The van der Waals surface area contributed by atoms with Crippen LogP contribution in [0.25, 0.3) is 0 Å². The van der Waals surface area contributed by atoms with Crippen molar-refractivity contribution >= 4 is 17.6 Å². The van der Waals surface area contributed by atoms with E-state index in [1.165, 1.54) is 13.0 Å². The van der Waals surface area contributed by atoms with E-state index in [0.29, 0.717) is 22.7 Å². The number of benzene rings is 2. The van der Waals surface area contributed by atoms with Crippen LogP contribution in [0, 0.1) is 6.92 Å². The van der Waals surface area contributed by atoms with E-state index in [0.717, 1.165) is 5.56 Å². The Kier molecular flexibility index (Phi) is 4.37. The zero-order chi connectivity index (χ0) is 17.1. The Morgan fingerprint density at radius 3 is 2.54 bits per heavy atom. The number of fused-ring (bicyclic) bond motifs is 1. The van der Waals surface area contributed by atoms with Crippen LogP contribution in [0.5, 0.6) is 11.5 Å². The van der Waals surface area contributed by atoms with Crippen molar-refractivity contribution in [3.63, 3.8) is 0 Å². The average Bonchev–Trinajstić information content (AvgIpc) is 3.04. The summed E-state index contributed by atoms with van der Waals surface area (Å²) in [7, 11) is 0. The van der Waals surface area contributed by atoms with Crippen LogP contribution in [0.1, 0.15) is 22.8 Å². The number of hydrogen-bond acceptors (Lipinski definition) is 5. The van der Waals surface area contributed by atoms with Crippen molar-refractivity contribution < 1.29 is 23.8 Å². The minimum atomic E-state index is -0.927. The molecule has 6 nitrogen and oxygen atoms in total. The monoisotopic (exact) mass is 327 g/mol. The van der Waals surface area contributed by atoms with E-state index in [-0.39, 0.29) is 6.79 Å². The van der Waals surface area contributed by atoms with Gasteiger partial charge in [0, 0.05) is 5.69 Å². The molecule has 0 unspecified atom stereocenters. The minimum Gasteiger partial charge on any atom is -0.454 e. The molecule has 0 radical (unpaired) electrons. The zero-order valence-corrected chi connectivity index (χ0v) is 13.4. The van der Waals surface area contributed by atoms with Crippen LogP contribution in [0.15, 0.2) is 42.5 Å². The van der Waals surface area contributed by atoms with Crippen LogP contribution in [-0.2, 0) is 9.53 Å². The summed E-state index contributed by atoms with van der Waals surface area (Å²) in [6.07, 6.45) is -0.927. The van der Waals surface area contributed by atoms with Gasteiger partial charge in [0.05, 0.1) is 5.56 Å². The Balaban J connectivity index is 1.61. The SMILES string of the molecule is Cc1ccc(NC(=O)[C@H](C)OC(=O)c2ccc3c(c2)OCO3)cc1. The predicted molar refractivity (Wildman–Crippen MR) is 87.3 cm³/mol. The molecule has 1 aliphatic rings. The molecule has 124 valence electrons. The number of anilines is 1. The van der Waals surface area contributed by atoms with E-state index in [4.69, 9.17) is 14.2 Å². The summed E-state index contributed by atoms with van der Waals surface area (Å²) in [5.41, 5.74) is 2.04. The van der Waals surface area contributed by atoms with Gasteiger partial charge < -0.3 is 19.5 Å². The molecule has 6 heteroatoms. The lowest BCUT2D eigenvalue weighted by atomic mass is 10.2. The molecule has 1 aliphatic heterocycles. The number of rotatable bonds is 4. The molecular formula is C18H17NO5. The largest absolute Gasteiger partial charge is 0.454 e. The highest BCUT2D eigenvalue weighted by molar-refractivity contribution is 5.97. The summed E-state index contributed by atoms with van der Waals surface area (Å²) in [4.78, 5) is 24.3. The van der Waals surface area contributed by atoms with Crippen molar-refractivity contribution in [2.45, 2.75) is 20.0 Å². The molecule has 1 heterocycles. The van der Waals surface area contributed by atoms with Crippen molar-refractivity contribution in [2.75, 3.05) is 12.1 Å². The third-order valence-electron chi connectivity index (χ3n) is 3.58. The van der Waals surface area contributed by atoms with E-state index in [9.17, 15) is 9.59 Å². The smallest absolute Gasteiger partial charge is 0.339 e. The van der Waals surface area contributed by atoms with Crippen LogP contribution in [0.4, 0.5) is 5.69 Å². The summed E-state index contributed by atoms with van der Waals surface area (Å²) in [5, 5.41) is 2.71. The van der Waals surface area contributed by atoms with Gasteiger partial charge in [-0.15, -0.1) is 0 Å². The molecule has 0 fully saturated rings. The Morgan fingerprint density at radius 1 is 1.08 bits per heavy atom. The summed E-state index contributed by atoms with van der Waals surface area (Å²) in [5.74, 6) is 0.0747. The summed E-state index contributed by atoms with van der Waals surface area (Å²) >= 11 is 0. The second-order valence-corrected chi connectivity index (χ2v) is 5.47. The van der Waals surface area contributed by atoms with Crippen molar-refractivity contribution in [2.24, 2.45) is 0 Å². The van der Waals surface area contributed by atoms with Crippen molar-refractivity contribution in [3.8, 4) is 11.5 Å². The maximum absolute atomic E-state index is 12.2. The predicted octanol–water partition coefficient (Wildman–Crippen LogP) is 2.91. The van der Waals surface area contributed by atoms with E-state index >= 15 is 0 Å². The third kappa shape index (κ3) is 3.48. The average molecular weight is 327 g/mol. The topological polar surface area (TPSA) is 73.9 Å². The second kappa shape index (κ2) is 6.62. The first-order valence-electron chi connectivity index (χ1n) is 7.51. The molecule has 3 rings (SSSR count). The van der Waals surface area contributed by atoms with Gasteiger partial charge in [0.25, 0.3) is 5.91 Å². The molecule has 2 aromatic rings. The van der Waals surface area contributed by atoms with E-state index in [1.807, 2.05) is 19.1 Å². The number of carbonyl (C=O) groups excluding carboxylic acids is 2. The zero-order valence-electron chi connectivity index (χ0n) is 13.4. The summed E-state index contributed by atoms with van der Waals surface area (Å²) in [6.45, 7) is 3.61. The molecule has 1 atom stereocenters. The number of aryl methyl sites for hydroxylation is 1. The van der Waals surface area contributed by atoms with Gasteiger partial charge in [-0.05, 0) is 44.2 Å². The molecule has 0 saturated heterocycles. The molecule has 0 aromatic heterocycles. The quantitative estimate of drug-likeness (QED) is 0.874. The highest BCUT2D eigenvalue weighted by atomic mass is 16.7. The molecule has 24 heavy (non-hydrogen) atoms. The number of ether oxygens (including phenoxy) is 3. The highest BCUT2D eigenvalue weighted by Gasteiger charge is 2.21. The number of nitrogens with one attached hydrogen (secondary N) is 1. The van der Waals surface area contributed by atoms with Crippen LogP contribution >= 0.6 is 0 Å². The van der Waals surface area contributed by atoms with Gasteiger partial charge in [-0.3, -0.25) is 4.79 Å². The highest BCUT2D eigenvalue weighted by Crippen LogP contribution is 2.32. The Morgan fingerprint density at radius 2 is 1.79 bits per heavy atom. The summed E-state index contributed by atoms with van der Waals surface area (Å²) in [6, 6.07) is 12.1. The number of hydrogen-bond donors (Lipinski definition) is 1. The van der Waals surface area contributed by atoms with Crippen LogP contribution in [-0.4, -0.2) is 24.8 Å². The normalized spacial score (nSPS) is 13.2. The second-order valence-electron chi connectivity index (χ2n) is 5.47. The minimum absolute atomic E-state index is 0.128. The summed E-state index contributed by atoms with van der Waals surface area (Å²) < 4.78 is 15.6. The maximum atomic E-state index is 12.2. The molecule has 1 amide bonds. The fourth-order valence-electron chi connectivity index (χ4n) is 2.19. The third-order valence-corrected chi connectivity index (χ3v) is 3.58. The Labute approximate surface area is 139 Å². The van der Waals surface area contributed by atoms with E-state index < -0.39 is 18.0 Å². The lowest BCUT2D eigenvalue weighted by Crippen LogP contribution is -2.30. The molecule has 2 aromatic carbocycles. The molecule has 1 N–H and O–H groups in total. The van der Waals surface area contributed by atoms with Crippen LogP contribution < -0.4 is 14.8 Å². The van der Waals surface area contributed by atoms with Gasteiger partial charge in [0.15, 0.2) is 17.6 Å². The number of carbonyl (C=O) groups is 2. The Bertz CT molecular complexity index is 769. The lowest BCUT2D eigenvalue weighted by Gasteiger charge is -2.14.